The zero-order valence-corrected chi connectivity index (χ0v) is 17.6. The maximum atomic E-state index is 13.7. The number of aryl methyl sites for hydroxylation is 2. The van der Waals surface area contributed by atoms with Gasteiger partial charge in [-0.1, -0.05) is 18.2 Å². The number of carbonyl (C=O) groups excluding carboxylic acids is 2. The van der Waals surface area contributed by atoms with Crippen LogP contribution in [0.2, 0.25) is 0 Å². The van der Waals surface area contributed by atoms with Crippen molar-refractivity contribution in [2.45, 2.75) is 36.6 Å². The number of carbonyl (C=O) groups is 2. The van der Waals surface area contributed by atoms with E-state index in [2.05, 4.69) is 15.5 Å². The van der Waals surface area contributed by atoms with E-state index in [1.165, 1.54) is 0 Å². The molecule has 1 saturated heterocycles. The third-order valence-electron chi connectivity index (χ3n) is 7.02. The Balaban J connectivity index is 1.46. The summed E-state index contributed by atoms with van der Waals surface area (Å²) in [5, 5.41) is 11.9. The Morgan fingerprint density at radius 3 is 2.77 bits per heavy atom. The summed E-state index contributed by atoms with van der Waals surface area (Å²) in [5.41, 5.74) is 3.36. The maximum Gasteiger partial charge on any atom is 0.274 e. The van der Waals surface area contributed by atoms with Crippen molar-refractivity contribution in [2.75, 3.05) is 11.9 Å². The summed E-state index contributed by atoms with van der Waals surface area (Å²) in [4.78, 5) is 28.9. The highest BCUT2D eigenvalue weighted by Crippen LogP contribution is 2.55. The van der Waals surface area contributed by atoms with Gasteiger partial charge in [-0.25, -0.2) is 0 Å². The topological polar surface area (TPSA) is 85.0 Å². The van der Waals surface area contributed by atoms with E-state index in [-0.39, 0.29) is 11.8 Å². The van der Waals surface area contributed by atoms with Crippen LogP contribution >= 0.6 is 0 Å². The van der Waals surface area contributed by atoms with Crippen molar-refractivity contribution < 1.29 is 9.59 Å². The molecule has 1 N–H and O–H groups in total. The van der Waals surface area contributed by atoms with Gasteiger partial charge < -0.3 is 10.2 Å². The van der Waals surface area contributed by atoms with Gasteiger partial charge in [-0.2, -0.15) is 10.2 Å². The zero-order chi connectivity index (χ0) is 21.3. The lowest BCUT2D eigenvalue weighted by atomic mass is 9.73. The normalized spacial score (nSPS) is 24.6. The molecular weight excluding hydrogens is 392 g/mol. The standard InChI is InChI=1S/C23H24N6O2/c1-27-13-15(12-24-27)20-23(16-5-3-4-6-17(16)25-22(23)31)9-10-29(20)21(30)18-11-19(14-7-8-14)28(2)26-18/h3-6,11-14,20H,7-10H2,1-2H3,(H,25,31). The average molecular weight is 416 g/mol. The number of likely N-dealkylation sites (tertiary alicyclic amines) is 1. The van der Waals surface area contributed by atoms with Crippen molar-refractivity contribution >= 4 is 17.5 Å². The van der Waals surface area contributed by atoms with E-state index in [1.54, 1.807) is 10.9 Å². The molecule has 1 spiro atoms. The summed E-state index contributed by atoms with van der Waals surface area (Å²) in [6.45, 7) is 0.482. The van der Waals surface area contributed by atoms with Gasteiger partial charge in [0.05, 0.1) is 12.2 Å². The van der Waals surface area contributed by atoms with E-state index in [0.717, 1.165) is 35.3 Å². The van der Waals surface area contributed by atoms with Crippen LogP contribution in [-0.2, 0) is 24.3 Å². The third kappa shape index (κ3) is 2.54. The molecule has 0 bridgehead atoms. The fraction of sp³-hybridized carbons (Fsp3) is 0.391. The fourth-order valence-electron chi connectivity index (χ4n) is 5.44. The number of hydrogen-bond donors (Lipinski definition) is 1. The minimum Gasteiger partial charge on any atom is -0.329 e. The summed E-state index contributed by atoms with van der Waals surface area (Å²) in [5.74, 6) is 0.313. The van der Waals surface area contributed by atoms with Crippen LogP contribution in [-0.4, -0.2) is 42.8 Å². The quantitative estimate of drug-likeness (QED) is 0.711. The van der Waals surface area contributed by atoms with Crippen LogP contribution in [0, 0.1) is 0 Å². The second kappa shape index (κ2) is 6.29. The molecule has 31 heavy (non-hydrogen) atoms. The summed E-state index contributed by atoms with van der Waals surface area (Å²) in [7, 11) is 3.75. The molecule has 2 fully saturated rings. The number of anilines is 1. The number of hydrogen-bond acceptors (Lipinski definition) is 4. The molecule has 158 valence electrons. The van der Waals surface area contributed by atoms with Crippen LogP contribution in [0.4, 0.5) is 5.69 Å². The molecule has 3 aromatic rings. The van der Waals surface area contributed by atoms with Crippen LogP contribution in [0.25, 0.3) is 0 Å². The molecular formula is C23H24N6O2. The largest absolute Gasteiger partial charge is 0.329 e. The highest BCUT2D eigenvalue weighted by molar-refractivity contribution is 6.08. The van der Waals surface area contributed by atoms with E-state index < -0.39 is 11.5 Å². The van der Waals surface area contributed by atoms with E-state index in [9.17, 15) is 9.59 Å². The summed E-state index contributed by atoms with van der Waals surface area (Å²) >= 11 is 0. The number of amides is 2. The Hall–Kier alpha value is -3.42. The van der Waals surface area contributed by atoms with Crippen LogP contribution in [0.5, 0.6) is 0 Å². The van der Waals surface area contributed by atoms with E-state index in [0.29, 0.717) is 24.6 Å². The maximum absolute atomic E-state index is 13.7. The second-order valence-electron chi connectivity index (χ2n) is 8.92. The predicted molar refractivity (Wildman–Crippen MR) is 114 cm³/mol. The van der Waals surface area contributed by atoms with E-state index in [1.807, 2.05) is 60.2 Å². The first-order chi connectivity index (χ1) is 15.0. The Labute approximate surface area is 179 Å². The molecule has 8 heteroatoms. The molecule has 2 unspecified atom stereocenters. The SMILES string of the molecule is Cn1cc(C2N(C(=O)c3cc(C4CC4)n(C)n3)CCC23C(=O)Nc2ccccc23)cn1. The minimum absolute atomic E-state index is 0.0578. The minimum atomic E-state index is -0.830. The van der Waals surface area contributed by atoms with Crippen molar-refractivity contribution in [1.29, 1.82) is 0 Å². The zero-order valence-electron chi connectivity index (χ0n) is 17.6. The lowest BCUT2D eigenvalue weighted by Gasteiger charge is -2.33. The number of benzene rings is 1. The molecule has 3 aliphatic rings. The highest BCUT2D eigenvalue weighted by atomic mass is 16.2. The third-order valence-corrected chi connectivity index (χ3v) is 7.02. The molecule has 4 heterocycles. The molecule has 6 rings (SSSR count). The summed E-state index contributed by atoms with van der Waals surface area (Å²) in [6.07, 6.45) is 6.52. The van der Waals surface area contributed by atoms with E-state index in [4.69, 9.17) is 0 Å². The number of nitrogens with zero attached hydrogens (tertiary/aromatic N) is 5. The van der Waals surface area contributed by atoms with Gasteiger partial charge in [0, 0.05) is 49.7 Å². The molecule has 2 amide bonds. The molecule has 2 aliphatic heterocycles. The lowest BCUT2D eigenvalue weighted by Crippen LogP contribution is -2.42. The number of nitrogens with one attached hydrogen (secondary N) is 1. The van der Waals surface area contributed by atoms with Crippen LogP contribution in [0.15, 0.2) is 42.7 Å². The smallest absolute Gasteiger partial charge is 0.274 e. The van der Waals surface area contributed by atoms with Crippen molar-refractivity contribution in [3.63, 3.8) is 0 Å². The van der Waals surface area contributed by atoms with Gasteiger partial charge in [-0.15, -0.1) is 0 Å². The molecule has 1 saturated carbocycles. The average Bonchev–Trinajstić information content (AvgIpc) is 3.08. The molecule has 0 radical (unpaired) electrons. The van der Waals surface area contributed by atoms with Gasteiger partial charge in [0.15, 0.2) is 5.69 Å². The number of rotatable bonds is 3. The first kappa shape index (κ1) is 18.4. The molecule has 2 aromatic heterocycles. The Morgan fingerprint density at radius 1 is 1.23 bits per heavy atom. The molecule has 1 aromatic carbocycles. The number of aromatic nitrogens is 4. The Kier molecular flexibility index (Phi) is 3.73. The highest BCUT2D eigenvalue weighted by Gasteiger charge is 2.59. The lowest BCUT2D eigenvalue weighted by molar-refractivity contribution is -0.121. The first-order valence-electron chi connectivity index (χ1n) is 10.7. The monoisotopic (exact) mass is 416 g/mol. The van der Waals surface area contributed by atoms with Gasteiger partial charge >= 0.3 is 0 Å². The van der Waals surface area contributed by atoms with Crippen molar-refractivity contribution in [2.24, 2.45) is 14.1 Å². The Bertz CT molecular complexity index is 1220. The predicted octanol–water partition coefficient (Wildman–Crippen LogP) is 2.51. The van der Waals surface area contributed by atoms with Gasteiger partial charge in [-0.3, -0.25) is 19.0 Å². The Morgan fingerprint density at radius 2 is 2.03 bits per heavy atom. The molecule has 1 aliphatic carbocycles. The van der Waals surface area contributed by atoms with Crippen LogP contribution in [0.3, 0.4) is 0 Å². The van der Waals surface area contributed by atoms with Gasteiger partial charge in [0.1, 0.15) is 5.41 Å². The van der Waals surface area contributed by atoms with Crippen molar-refractivity contribution in [3.8, 4) is 0 Å². The summed E-state index contributed by atoms with van der Waals surface area (Å²) in [6, 6.07) is 9.27. The van der Waals surface area contributed by atoms with Gasteiger partial charge in [0.2, 0.25) is 5.91 Å². The molecule has 8 nitrogen and oxygen atoms in total. The number of fused-ring (bicyclic) bond motifs is 2. The number of para-hydroxylation sites is 1. The van der Waals surface area contributed by atoms with Crippen molar-refractivity contribution in [3.05, 3.63) is 65.2 Å². The first-order valence-corrected chi connectivity index (χ1v) is 10.7. The second-order valence-corrected chi connectivity index (χ2v) is 8.92. The van der Waals surface area contributed by atoms with Crippen LogP contribution < -0.4 is 5.32 Å². The van der Waals surface area contributed by atoms with E-state index >= 15 is 0 Å². The fourth-order valence-corrected chi connectivity index (χ4v) is 5.44. The van der Waals surface area contributed by atoms with Crippen molar-refractivity contribution in [1.82, 2.24) is 24.5 Å². The van der Waals surface area contributed by atoms with Gasteiger partial charge in [0.25, 0.3) is 5.91 Å². The van der Waals surface area contributed by atoms with Crippen LogP contribution in [0.1, 0.15) is 58.5 Å². The molecule has 2 atom stereocenters. The van der Waals surface area contributed by atoms with Gasteiger partial charge in [-0.05, 0) is 37.0 Å². The summed E-state index contributed by atoms with van der Waals surface area (Å²) < 4.78 is 3.54.